The molecule has 2 N–H and O–H groups in total. The summed E-state index contributed by atoms with van der Waals surface area (Å²) in [6.45, 7) is -0.875. The maximum atomic E-state index is 12.0. The minimum absolute atomic E-state index is 0.0108. The number of alkyl halides is 3. The van der Waals surface area contributed by atoms with Gasteiger partial charge in [0.2, 0.25) is 0 Å². The van der Waals surface area contributed by atoms with Crippen molar-refractivity contribution in [3.63, 3.8) is 0 Å². The van der Waals surface area contributed by atoms with E-state index >= 15 is 0 Å². The Bertz CT molecular complexity index is 658. The van der Waals surface area contributed by atoms with Crippen molar-refractivity contribution in [1.82, 2.24) is 20.5 Å². The third kappa shape index (κ3) is 4.05. The van der Waals surface area contributed by atoms with Gasteiger partial charge in [0.15, 0.2) is 0 Å². The molecule has 0 saturated carbocycles. The van der Waals surface area contributed by atoms with Crippen LogP contribution in [0.3, 0.4) is 0 Å². The summed E-state index contributed by atoms with van der Waals surface area (Å²) in [6.07, 6.45) is -0.601. The van der Waals surface area contributed by atoms with Crippen LogP contribution in [0.15, 0.2) is 30.2 Å². The van der Waals surface area contributed by atoms with E-state index < -0.39 is 30.6 Å². The maximum Gasteiger partial charge on any atom is 0.471 e. The average Bonchev–Trinajstić information content (AvgIpc) is 2.74. The van der Waals surface area contributed by atoms with Gasteiger partial charge < -0.3 is 10.6 Å². The number of aromatic nitrogens is 1. The van der Waals surface area contributed by atoms with Crippen LogP contribution >= 0.6 is 0 Å². The molecular formula is C13H11F3N4O3. The number of halogens is 3. The second kappa shape index (κ2) is 6.46. The number of carbonyl (C=O) groups is 3. The van der Waals surface area contributed by atoms with Crippen LogP contribution in [-0.4, -0.2) is 47.0 Å². The van der Waals surface area contributed by atoms with Crippen LogP contribution in [0.5, 0.6) is 0 Å². The van der Waals surface area contributed by atoms with E-state index in [-0.39, 0.29) is 12.2 Å². The first-order valence-electron chi connectivity index (χ1n) is 6.38. The third-order valence-electron chi connectivity index (χ3n) is 2.86. The van der Waals surface area contributed by atoms with E-state index in [4.69, 9.17) is 0 Å². The van der Waals surface area contributed by atoms with Crippen molar-refractivity contribution in [3.05, 3.63) is 35.8 Å². The summed E-state index contributed by atoms with van der Waals surface area (Å²) in [4.78, 5) is 38.8. The van der Waals surface area contributed by atoms with Gasteiger partial charge in [-0.15, -0.1) is 0 Å². The van der Waals surface area contributed by atoms with Crippen molar-refractivity contribution < 1.29 is 27.6 Å². The lowest BCUT2D eigenvalue weighted by Gasteiger charge is -2.13. The molecule has 1 aromatic rings. The molecule has 0 bridgehead atoms. The van der Waals surface area contributed by atoms with Gasteiger partial charge in [-0.05, 0) is 23.8 Å². The van der Waals surface area contributed by atoms with Crippen molar-refractivity contribution in [2.75, 3.05) is 13.1 Å². The van der Waals surface area contributed by atoms with Crippen molar-refractivity contribution in [1.29, 1.82) is 0 Å². The standard InChI is InChI=1S/C13H11F3N4O3/c14-13(15,16)11(22)18-5-6-20-10(21)9(19-12(20)23)7-8-1-3-17-4-2-8/h1-4,7H,5-6H2,(H,18,22)(H,19,23). The van der Waals surface area contributed by atoms with Crippen LogP contribution in [0.25, 0.3) is 6.08 Å². The molecule has 2 rings (SSSR count). The molecule has 0 unspecified atom stereocenters. The number of carbonyl (C=O) groups excluding carboxylic acids is 3. The number of imide groups is 1. The normalized spacial score (nSPS) is 16.7. The molecule has 1 aliphatic rings. The number of pyridine rings is 1. The zero-order valence-corrected chi connectivity index (χ0v) is 11.6. The van der Waals surface area contributed by atoms with Gasteiger partial charge in [0.1, 0.15) is 5.70 Å². The molecule has 1 fully saturated rings. The number of nitrogens with one attached hydrogen (secondary N) is 2. The summed E-state index contributed by atoms with van der Waals surface area (Å²) in [5.74, 6) is -2.81. The molecule has 7 nitrogen and oxygen atoms in total. The summed E-state index contributed by atoms with van der Waals surface area (Å²) in [5.41, 5.74) is 0.610. The van der Waals surface area contributed by atoms with Crippen LogP contribution in [0.2, 0.25) is 0 Å². The summed E-state index contributed by atoms with van der Waals surface area (Å²) in [7, 11) is 0. The van der Waals surface area contributed by atoms with Crippen molar-refractivity contribution >= 4 is 23.9 Å². The topological polar surface area (TPSA) is 91.4 Å². The first-order valence-corrected chi connectivity index (χ1v) is 6.38. The summed E-state index contributed by atoms with van der Waals surface area (Å²) < 4.78 is 36.1. The first kappa shape index (κ1) is 16.5. The van der Waals surface area contributed by atoms with Crippen LogP contribution in [0.1, 0.15) is 5.56 Å². The van der Waals surface area contributed by atoms with E-state index in [1.54, 1.807) is 17.4 Å². The van der Waals surface area contributed by atoms with Gasteiger partial charge in [-0.25, -0.2) is 4.79 Å². The average molecular weight is 328 g/mol. The van der Waals surface area contributed by atoms with E-state index in [2.05, 4.69) is 10.3 Å². The Hall–Kier alpha value is -2.91. The Balaban J connectivity index is 1.97. The van der Waals surface area contributed by atoms with Crippen molar-refractivity contribution in [2.24, 2.45) is 0 Å². The van der Waals surface area contributed by atoms with Crippen molar-refractivity contribution in [3.8, 4) is 0 Å². The van der Waals surface area contributed by atoms with Gasteiger partial charge in [-0.3, -0.25) is 19.5 Å². The molecule has 0 spiro atoms. The Labute approximate surface area is 128 Å². The first-order chi connectivity index (χ1) is 10.8. The van der Waals surface area contributed by atoms with E-state index in [9.17, 15) is 27.6 Å². The highest BCUT2D eigenvalue weighted by Crippen LogP contribution is 2.15. The lowest BCUT2D eigenvalue weighted by atomic mass is 10.2. The Morgan fingerprint density at radius 2 is 1.96 bits per heavy atom. The number of hydrogen-bond acceptors (Lipinski definition) is 4. The Kier molecular flexibility index (Phi) is 4.63. The number of nitrogens with zero attached hydrogens (tertiary/aromatic N) is 2. The van der Waals surface area contributed by atoms with E-state index in [1.165, 1.54) is 18.5 Å². The van der Waals surface area contributed by atoms with Crippen LogP contribution < -0.4 is 10.6 Å². The molecule has 23 heavy (non-hydrogen) atoms. The molecule has 0 radical (unpaired) electrons. The molecule has 0 aromatic carbocycles. The molecule has 122 valence electrons. The van der Waals surface area contributed by atoms with Gasteiger partial charge in [-0.2, -0.15) is 13.2 Å². The highest BCUT2D eigenvalue weighted by molar-refractivity contribution is 6.13. The largest absolute Gasteiger partial charge is 0.471 e. The predicted octanol–water partition coefficient (Wildman–Crippen LogP) is 0.653. The minimum atomic E-state index is -5.01. The second-order valence-electron chi connectivity index (χ2n) is 4.48. The lowest BCUT2D eigenvalue weighted by molar-refractivity contribution is -0.173. The predicted molar refractivity (Wildman–Crippen MR) is 71.5 cm³/mol. The van der Waals surface area contributed by atoms with Gasteiger partial charge >= 0.3 is 18.1 Å². The number of amides is 4. The molecule has 1 aromatic heterocycles. The molecule has 2 heterocycles. The van der Waals surface area contributed by atoms with Crippen LogP contribution in [0.4, 0.5) is 18.0 Å². The molecule has 1 aliphatic heterocycles. The fraction of sp³-hybridized carbons (Fsp3) is 0.231. The van der Waals surface area contributed by atoms with Gasteiger partial charge in [0.25, 0.3) is 5.91 Å². The summed E-state index contributed by atoms with van der Waals surface area (Å²) >= 11 is 0. The van der Waals surface area contributed by atoms with Crippen molar-refractivity contribution in [2.45, 2.75) is 6.18 Å². The minimum Gasteiger partial charge on any atom is -0.346 e. The molecule has 1 saturated heterocycles. The van der Waals surface area contributed by atoms with Gasteiger partial charge in [0, 0.05) is 25.5 Å². The lowest BCUT2D eigenvalue weighted by Crippen LogP contribution is -2.42. The van der Waals surface area contributed by atoms with Crippen LogP contribution in [0, 0.1) is 0 Å². The van der Waals surface area contributed by atoms with Gasteiger partial charge in [0.05, 0.1) is 0 Å². The van der Waals surface area contributed by atoms with E-state index in [1.807, 2.05) is 0 Å². The fourth-order valence-corrected chi connectivity index (χ4v) is 1.78. The second-order valence-corrected chi connectivity index (χ2v) is 4.48. The third-order valence-corrected chi connectivity index (χ3v) is 2.86. The zero-order valence-electron chi connectivity index (χ0n) is 11.6. The monoisotopic (exact) mass is 328 g/mol. The zero-order chi connectivity index (χ0) is 17.0. The molecule has 0 aliphatic carbocycles. The molecular weight excluding hydrogens is 317 g/mol. The highest BCUT2D eigenvalue weighted by atomic mass is 19.4. The SMILES string of the molecule is O=C1NC(=Cc2ccncc2)C(=O)N1CCNC(=O)C(F)(F)F. The molecule has 4 amide bonds. The van der Waals surface area contributed by atoms with Crippen LogP contribution in [-0.2, 0) is 9.59 Å². The van der Waals surface area contributed by atoms with E-state index in [0.29, 0.717) is 10.5 Å². The number of hydrogen-bond donors (Lipinski definition) is 2. The highest BCUT2D eigenvalue weighted by Gasteiger charge is 2.39. The van der Waals surface area contributed by atoms with Gasteiger partial charge in [-0.1, -0.05) is 0 Å². The fourth-order valence-electron chi connectivity index (χ4n) is 1.78. The quantitative estimate of drug-likeness (QED) is 0.627. The number of rotatable bonds is 4. The smallest absolute Gasteiger partial charge is 0.346 e. The Morgan fingerprint density at radius 3 is 2.57 bits per heavy atom. The molecule has 0 atom stereocenters. The summed E-state index contributed by atoms with van der Waals surface area (Å²) in [6, 6.07) is 2.45. The maximum absolute atomic E-state index is 12.0. The Morgan fingerprint density at radius 1 is 1.30 bits per heavy atom. The molecule has 10 heteroatoms. The summed E-state index contributed by atoms with van der Waals surface area (Å²) in [5, 5.41) is 3.90. The van der Waals surface area contributed by atoms with E-state index in [0.717, 1.165) is 0 Å². The number of urea groups is 1.